The number of hydrogen-bond acceptors (Lipinski definition) is 9. The van der Waals surface area contributed by atoms with Crippen LogP contribution < -0.4 is 18.9 Å². The van der Waals surface area contributed by atoms with Gasteiger partial charge in [-0.3, -0.25) is 14.7 Å². The van der Waals surface area contributed by atoms with Crippen molar-refractivity contribution >= 4 is 37.2 Å². The number of aliphatic hydroxyl groups is 1. The number of piperidine rings is 1. The number of rotatable bonds is 11. The van der Waals surface area contributed by atoms with Gasteiger partial charge in [0.2, 0.25) is 0 Å². The van der Waals surface area contributed by atoms with Crippen molar-refractivity contribution in [3.8, 4) is 23.0 Å². The monoisotopic (exact) mass is 731 g/mol. The first-order valence-corrected chi connectivity index (χ1v) is 16.9. The zero-order valence-corrected chi connectivity index (χ0v) is 31.6. The van der Waals surface area contributed by atoms with Crippen molar-refractivity contribution in [1.82, 2.24) is 14.7 Å². The lowest BCUT2D eigenvalue weighted by Gasteiger charge is -2.49. The van der Waals surface area contributed by atoms with Crippen molar-refractivity contribution in [3.05, 3.63) is 46.5 Å². The lowest BCUT2D eigenvalue weighted by Crippen LogP contribution is -2.49. The van der Waals surface area contributed by atoms with Gasteiger partial charge in [0, 0.05) is 57.9 Å². The van der Waals surface area contributed by atoms with Crippen molar-refractivity contribution in [1.29, 1.82) is 0 Å². The summed E-state index contributed by atoms with van der Waals surface area (Å²) in [5, 5.41) is 11.4. The fourth-order valence-electron chi connectivity index (χ4n) is 8.53. The molecule has 0 radical (unpaired) electrons. The number of methoxy groups -OCH3 is 4. The number of hydrogen-bond donors (Lipinski definition) is 1. The summed E-state index contributed by atoms with van der Waals surface area (Å²) >= 11 is 0. The molecule has 1 unspecified atom stereocenters. The van der Waals surface area contributed by atoms with Crippen LogP contribution >= 0.6 is 37.2 Å². The van der Waals surface area contributed by atoms with E-state index in [9.17, 15) is 5.11 Å². The van der Waals surface area contributed by atoms with Gasteiger partial charge in [-0.15, -0.1) is 37.2 Å². The minimum atomic E-state index is -0.413. The van der Waals surface area contributed by atoms with Crippen LogP contribution in [0, 0.1) is 11.8 Å². The van der Waals surface area contributed by atoms with E-state index < -0.39 is 6.10 Å². The molecule has 0 amide bonds. The Morgan fingerprint density at radius 2 is 1.31 bits per heavy atom. The van der Waals surface area contributed by atoms with E-state index in [4.69, 9.17) is 23.7 Å². The quantitative estimate of drug-likeness (QED) is 0.317. The maximum atomic E-state index is 11.4. The molecule has 6 rings (SSSR count). The number of β-amino-alcohol motifs (C(OH)–C–C–N with tert-alkyl or cyclic N) is 1. The van der Waals surface area contributed by atoms with Crippen LogP contribution in [0.25, 0.3) is 0 Å². The van der Waals surface area contributed by atoms with Crippen LogP contribution in [0.2, 0.25) is 0 Å². The van der Waals surface area contributed by atoms with Crippen LogP contribution in [0.4, 0.5) is 0 Å². The molecule has 272 valence electrons. The SMILES string of the molecule is CC[C@H]1CN2CCc3cc(OC)c(OC)cc3[C@@H]2C[C@@H]1C[C@@H]1c2cc(OC)c(OC)cc2CCN1CC(O)CN1CCOCC1.Cl.Cl.Cl. The van der Waals surface area contributed by atoms with Crippen molar-refractivity contribution in [3.63, 3.8) is 0 Å². The van der Waals surface area contributed by atoms with Crippen LogP contribution in [-0.2, 0) is 17.6 Å². The third kappa shape index (κ3) is 8.60. The summed E-state index contributed by atoms with van der Waals surface area (Å²) < 4.78 is 28.5. The molecule has 0 aliphatic carbocycles. The number of halogens is 3. The number of nitrogens with zero attached hydrogens (tertiary/aromatic N) is 3. The summed E-state index contributed by atoms with van der Waals surface area (Å²) in [6.45, 7) is 10.1. The highest BCUT2D eigenvalue weighted by Gasteiger charge is 2.41. The molecule has 2 aromatic rings. The Morgan fingerprint density at radius 3 is 1.92 bits per heavy atom. The van der Waals surface area contributed by atoms with Crippen LogP contribution in [-0.4, -0.2) is 113 Å². The molecule has 4 aliphatic heterocycles. The molecule has 0 aromatic heterocycles. The predicted molar refractivity (Wildman–Crippen MR) is 197 cm³/mol. The Morgan fingerprint density at radius 1 is 0.750 bits per heavy atom. The molecule has 0 bridgehead atoms. The lowest BCUT2D eigenvalue weighted by molar-refractivity contribution is -0.00513. The summed E-state index contributed by atoms with van der Waals surface area (Å²) in [5.74, 6) is 4.36. The first-order valence-electron chi connectivity index (χ1n) is 16.9. The smallest absolute Gasteiger partial charge is 0.161 e. The van der Waals surface area contributed by atoms with Gasteiger partial charge in [-0.2, -0.15) is 0 Å². The predicted octanol–water partition coefficient (Wildman–Crippen LogP) is 5.61. The molecule has 48 heavy (non-hydrogen) atoms. The molecular formula is C36H56Cl3N3O6. The molecule has 0 spiro atoms. The van der Waals surface area contributed by atoms with Crippen molar-refractivity contribution in [2.45, 2.75) is 57.2 Å². The van der Waals surface area contributed by atoms with Gasteiger partial charge in [-0.05, 0) is 84.0 Å². The van der Waals surface area contributed by atoms with Crippen molar-refractivity contribution in [2.75, 3.05) is 87.5 Å². The summed E-state index contributed by atoms with van der Waals surface area (Å²) in [7, 11) is 6.88. The summed E-state index contributed by atoms with van der Waals surface area (Å²) in [6.07, 6.45) is 4.90. The second-order valence-electron chi connectivity index (χ2n) is 13.3. The molecule has 2 fully saturated rings. The molecule has 12 heteroatoms. The first-order chi connectivity index (χ1) is 22.0. The van der Waals surface area contributed by atoms with Crippen molar-refractivity contribution in [2.24, 2.45) is 11.8 Å². The van der Waals surface area contributed by atoms with E-state index in [-0.39, 0.29) is 43.3 Å². The Balaban J connectivity index is 0.00000208. The van der Waals surface area contributed by atoms with E-state index in [0.29, 0.717) is 31.0 Å². The molecule has 4 heterocycles. The zero-order valence-electron chi connectivity index (χ0n) is 29.2. The maximum absolute atomic E-state index is 11.4. The largest absolute Gasteiger partial charge is 0.493 e. The number of fused-ring (bicyclic) bond motifs is 4. The lowest BCUT2D eigenvalue weighted by atomic mass is 9.72. The summed E-state index contributed by atoms with van der Waals surface area (Å²) in [6, 6.07) is 9.39. The topological polar surface area (TPSA) is 76.1 Å². The Labute approximate surface area is 305 Å². The summed E-state index contributed by atoms with van der Waals surface area (Å²) in [5.41, 5.74) is 5.44. The third-order valence-electron chi connectivity index (χ3n) is 11.0. The zero-order chi connectivity index (χ0) is 31.5. The summed E-state index contributed by atoms with van der Waals surface area (Å²) in [4.78, 5) is 7.61. The molecule has 2 aromatic carbocycles. The minimum Gasteiger partial charge on any atom is -0.493 e. The first kappa shape index (κ1) is 40.7. The minimum absolute atomic E-state index is 0. The molecule has 2 saturated heterocycles. The highest BCUT2D eigenvalue weighted by Crippen LogP contribution is 2.49. The average Bonchev–Trinajstić information content (AvgIpc) is 3.07. The van der Waals surface area contributed by atoms with Gasteiger partial charge < -0.3 is 28.8 Å². The van der Waals surface area contributed by atoms with Crippen molar-refractivity contribution < 1.29 is 28.8 Å². The van der Waals surface area contributed by atoms with Gasteiger partial charge in [-0.25, -0.2) is 0 Å². The molecular weight excluding hydrogens is 677 g/mol. The second kappa shape index (κ2) is 18.5. The molecule has 0 saturated carbocycles. The normalized spacial score (nSPS) is 24.7. The fourth-order valence-corrected chi connectivity index (χ4v) is 8.53. The van der Waals surface area contributed by atoms with Gasteiger partial charge in [0.25, 0.3) is 0 Å². The molecule has 4 aliphatic rings. The van der Waals surface area contributed by atoms with Gasteiger partial charge >= 0.3 is 0 Å². The second-order valence-corrected chi connectivity index (χ2v) is 13.3. The fraction of sp³-hybridized carbons (Fsp3) is 0.667. The Hall–Kier alpha value is -1.69. The van der Waals surface area contributed by atoms with Crippen LogP contribution in [0.5, 0.6) is 23.0 Å². The third-order valence-corrected chi connectivity index (χ3v) is 11.0. The van der Waals surface area contributed by atoms with Crippen LogP contribution in [0.3, 0.4) is 0 Å². The number of benzene rings is 2. The van der Waals surface area contributed by atoms with Crippen LogP contribution in [0.1, 0.15) is 60.5 Å². The number of morpholine rings is 1. The van der Waals surface area contributed by atoms with Crippen LogP contribution in [0.15, 0.2) is 24.3 Å². The van der Waals surface area contributed by atoms with E-state index in [1.165, 1.54) is 22.3 Å². The molecule has 1 N–H and O–H groups in total. The average molecular weight is 733 g/mol. The highest BCUT2D eigenvalue weighted by molar-refractivity contribution is 5.86. The van der Waals surface area contributed by atoms with Gasteiger partial charge in [0.05, 0.1) is 47.8 Å². The maximum Gasteiger partial charge on any atom is 0.161 e. The van der Waals surface area contributed by atoms with E-state index in [1.54, 1.807) is 28.4 Å². The molecule has 5 atom stereocenters. The molecule has 9 nitrogen and oxygen atoms in total. The van der Waals surface area contributed by atoms with Gasteiger partial charge in [-0.1, -0.05) is 13.3 Å². The van der Waals surface area contributed by atoms with E-state index >= 15 is 0 Å². The Bertz CT molecular complexity index is 1320. The number of aliphatic hydroxyl groups excluding tert-OH is 1. The standard InChI is InChI=1S/C36H53N3O6.3ClH/c1-6-24-21-38-9-7-25-17-33(41-2)35(43-4)19-29(25)31(38)15-27(24)16-32-30-20-36(44-5)34(42-3)18-26(30)8-10-39(32)23-28(40)22-37-11-13-45-14-12-37;;;/h17-20,24,27-28,31-32,40H,6-16,21-23H2,1-5H3;3*1H/t24-,27+,28?,31-,32+;;;/m0.../s1. The van der Waals surface area contributed by atoms with E-state index in [2.05, 4.69) is 45.9 Å². The van der Waals surface area contributed by atoms with E-state index in [0.717, 1.165) is 101 Å². The highest BCUT2D eigenvalue weighted by atomic mass is 35.5. The Kier molecular flexibility index (Phi) is 15.7. The van der Waals surface area contributed by atoms with E-state index in [1.807, 2.05) is 0 Å². The number of ether oxygens (including phenoxy) is 5. The van der Waals surface area contributed by atoms with Gasteiger partial charge in [0.15, 0.2) is 23.0 Å². The van der Waals surface area contributed by atoms with Gasteiger partial charge in [0.1, 0.15) is 0 Å².